The van der Waals surface area contributed by atoms with Gasteiger partial charge in [0.15, 0.2) is 11.6 Å². The molecule has 0 atom stereocenters. The highest BCUT2D eigenvalue weighted by Crippen LogP contribution is 2.37. The summed E-state index contributed by atoms with van der Waals surface area (Å²) in [5.41, 5.74) is 7.06. The standard InChI is InChI=1S/C24H26FN3O5/c1-5-13-7-9-16-19(20(26)18(23(31)32)12(2)27-16)21(13)33-11-24(3,4)28-22(30)14-6-8-15(25)17(29)10-14/h6-10,29H,5,11H2,1-4H3,(H2,26,27)(H,28,30)(H,31,32). The zero-order valence-corrected chi connectivity index (χ0v) is 18.8. The number of carboxylic acid groups (broad SMARTS) is 1. The highest BCUT2D eigenvalue weighted by atomic mass is 19.1. The Morgan fingerprint density at radius 2 is 1.94 bits per heavy atom. The van der Waals surface area contributed by atoms with Crippen molar-refractivity contribution in [2.24, 2.45) is 0 Å². The smallest absolute Gasteiger partial charge is 0.339 e. The molecular weight excluding hydrogens is 429 g/mol. The summed E-state index contributed by atoms with van der Waals surface area (Å²) in [5.74, 6) is -2.73. The second-order valence-electron chi connectivity index (χ2n) is 8.39. The third-order valence-corrected chi connectivity index (χ3v) is 5.24. The van der Waals surface area contributed by atoms with Gasteiger partial charge in [0.1, 0.15) is 17.9 Å². The third kappa shape index (κ3) is 4.82. The van der Waals surface area contributed by atoms with Crippen molar-refractivity contribution in [1.82, 2.24) is 10.3 Å². The second-order valence-corrected chi connectivity index (χ2v) is 8.39. The van der Waals surface area contributed by atoms with Crippen LogP contribution in [0.3, 0.4) is 0 Å². The Hall–Kier alpha value is -3.88. The molecule has 0 aliphatic carbocycles. The summed E-state index contributed by atoms with van der Waals surface area (Å²) in [4.78, 5) is 28.7. The normalized spacial score (nSPS) is 11.4. The molecule has 174 valence electrons. The van der Waals surface area contributed by atoms with E-state index >= 15 is 0 Å². The lowest BCUT2D eigenvalue weighted by molar-refractivity contribution is 0.0696. The molecule has 0 fully saturated rings. The number of phenolic OH excluding ortho intramolecular Hbond substituents is 1. The lowest BCUT2D eigenvalue weighted by Gasteiger charge is -2.27. The number of aromatic hydroxyl groups is 1. The number of aromatic nitrogens is 1. The Labute approximate surface area is 190 Å². The van der Waals surface area contributed by atoms with E-state index in [2.05, 4.69) is 10.3 Å². The highest BCUT2D eigenvalue weighted by Gasteiger charge is 2.26. The van der Waals surface area contributed by atoms with E-state index in [4.69, 9.17) is 10.5 Å². The maximum atomic E-state index is 13.3. The van der Waals surface area contributed by atoms with E-state index < -0.39 is 29.0 Å². The molecule has 0 saturated carbocycles. The van der Waals surface area contributed by atoms with Crippen LogP contribution in [0.4, 0.5) is 10.1 Å². The number of amides is 1. The predicted molar refractivity (Wildman–Crippen MR) is 122 cm³/mol. The van der Waals surface area contributed by atoms with E-state index in [1.165, 1.54) is 6.07 Å². The van der Waals surface area contributed by atoms with Crippen LogP contribution in [-0.2, 0) is 6.42 Å². The molecule has 0 bridgehead atoms. The van der Waals surface area contributed by atoms with Crippen molar-refractivity contribution in [3.05, 3.63) is 58.5 Å². The van der Waals surface area contributed by atoms with Crippen LogP contribution in [0.5, 0.6) is 11.5 Å². The van der Waals surface area contributed by atoms with Gasteiger partial charge >= 0.3 is 5.97 Å². The van der Waals surface area contributed by atoms with Crippen molar-refractivity contribution >= 4 is 28.5 Å². The molecule has 9 heteroatoms. The largest absolute Gasteiger partial charge is 0.505 e. The van der Waals surface area contributed by atoms with Gasteiger partial charge < -0.3 is 26.0 Å². The molecule has 2 aromatic carbocycles. The van der Waals surface area contributed by atoms with E-state index in [1.807, 2.05) is 13.0 Å². The number of hydrogen-bond acceptors (Lipinski definition) is 6. The number of aryl methyl sites for hydroxylation is 2. The number of halogens is 1. The fourth-order valence-electron chi connectivity index (χ4n) is 3.56. The van der Waals surface area contributed by atoms with Crippen LogP contribution in [0.1, 0.15) is 52.7 Å². The molecule has 0 aliphatic heterocycles. The fraction of sp³-hybridized carbons (Fsp3) is 0.292. The molecule has 1 aromatic heterocycles. The molecule has 3 rings (SSSR count). The molecule has 0 aliphatic rings. The van der Waals surface area contributed by atoms with E-state index in [9.17, 15) is 24.2 Å². The monoisotopic (exact) mass is 455 g/mol. The van der Waals surface area contributed by atoms with Crippen LogP contribution in [-0.4, -0.2) is 39.2 Å². The average Bonchev–Trinajstić information content (AvgIpc) is 2.73. The lowest BCUT2D eigenvalue weighted by Crippen LogP contribution is -2.47. The highest BCUT2D eigenvalue weighted by molar-refractivity contribution is 6.07. The summed E-state index contributed by atoms with van der Waals surface area (Å²) in [6.07, 6.45) is 0.600. The molecule has 8 nitrogen and oxygen atoms in total. The quantitative estimate of drug-likeness (QED) is 0.425. The number of carbonyl (C=O) groups excluding carboxylic acids is 1. The van der Waals surface area contributed by atoms with Gasteiger partial charge in [0.2, 0.25) is 0 Å². The number of nitrogens with zero attached hydrogens (tertiary/aromatic N) is 1. The van der Waals surface area contributed by atoms with Gasteiger partial charge in [-0.3, -0.25) is 9.78 Å². The molecule has 0 saturated heterocycles. The second kappa shape index (κ2) is 8.93. The number of nitrogens with two attached hydrogens (primary N) is 1. The minimum atomic E-state index is -1.18. The Bertz CT molecular complexity index is 1260. The minimum absolute atomic E-state index is 0.0216. The van der Waals surface area contributed by atoms with Crippen LogP contribution >= 0.6 is 0 Å². The van der Waals surface area contributed by atoms with Crippen LogP contribution in [0.2, 0.25) is 0 Å². The van der Waals surface area contributed by atoms with Gasteiger partial charge in [0.25, 0.3) is 5.91 Å². The van der Waals surface area contributed by atoms with Crippen molar-refractivity contribution in [1.29, 1.82) is 0 Å². The molecule has 3 aromatic rings. The first-order chi connectivity index (χ1) is 15.4. The maximum Gasteiger partial charge on any atom is 0.339 e. The number of benzene rings is 2. The molecule has 5 N–H and O–H groups in total. The van der Waals surface area contributed by atoms with Gasteiger partial charge in [-0.15, -0.1) is 0 Å². The number of fused-ring (bicyclic) bond motifs is 1. The van der Waals surface area contributed by atoms with Crippen LogP contribution in [0.25, 0.3) is 10.9 Å². The van der Waals surface area contributed by atoms with E-state index in [0.717, 1.165) is 17.7 Å². The summed E-state index contributed by atoms with van der Waals surface area (Å²) in [5, 5.41) is 22.3. The van der Waals surface area contributed by atoms with E-state index in [0.29, 0.717) is 28.8 Å². The van der Waals surface area contributed by atoms with Crippen molar-refractivity contribution in [3.8, 4) is 11.5 Å². The van der Waals surface area contributed by atoms with E-state index in [1.54, 1.807) is 26.8 Å². The Morgan fingerprint density at radius 3 is 2.55 bits per heavy atom. The average molecular weight is 455 g/mol. The number of pyridine rings is 1. The Balaban J connectivity index is 1.93. The van der Waals surface area contributed by atoms with Crippen molar-refractivity contribution in [2.45, 2.75) is 39.7 Å². The number of anilines is 1. The number of hydrogen-bond donors (Lipinski definition) is 4. The van der Waals surface area contributed by atoms with Gasteiger partial charge in [0.05, 0.1) is 27.8 Å². The van der Waals surface area contributed by atoms with Crippen LogP contribution < -0.4 is 15.8 Å². The number of rotatable bonds is 7. The van der Waals surface area contributed by atoms with Crippen LogP contribution in [0, 0.1) is 12.7 Å². The van der Waals surface area contributed by atoms with Crippen molar-refractivity contribution < 1.29 is 28.9 Å². The SMILES string of the molecule is CCc1ccc2nc(C)c(C(=O)O)c(N)c2c1OCC(C)(C)NC(=O)c1ccc(F)c(O)c1. The molecular formula is C24H26FN3O5. The first-order valence-corrected chi connectivity index (χ1v) is 10.3. The molecule has 0 radical (unpaired) electrons. The van der Waals surface area contributed by atoms with Gasteiger partial charge in [0, 0.05) is 5.56 Å². The molecule has 0 unspecified atom stereocenters. The van der Waals surface area contributed by atoms with Gasteiger partial charge in [-0.05, 0) is 57.0 Å². The van der Waals surface area contributed by atoms with Gasteiger partial charge in [-0.1, -0.05) is 13.0 Å². The fourth-order valence-corrected chi connectivity index (χ4v) is 3.56. The first kappa shape index (κ1) is 23.8. The topological polar surface area (TPSA) is 135 Å². The number of ether oxygens (including phenoxy) is 1. The third-order valence-electron chi connectivity index (χ3n) is 5.24. The summed E-state index contributed by atoms with van der Waals surface area (Å²) in [6.45, 7) is 7.00. The number of nitrogens with one attached hydrogen (secondary N) is 1. The summed E-state index contributed by atoms with van der Waals surface area (Å²) >= 11 is 0. The van der Waals surface area contributed by atoms with E-state index in [-0.39, 0.29) is 23.4 Å². The van der Waals surface area contributed by atoms with Crippen molar-refractivity contribution in [3.63, 3.8) is 0 Å². The number of carboxylic acids is 1. The number of phenols is 1. The zero-order chi connectivity index (χ0) is 24.5. The first-order valence-electron chi connectivity index (χ1n) is 10.3. The Morgan fingerprint density at radius 1 is 1.24 bits per heavy atom. The number of nitrogen functional groups attached to an aromatic ring is 1. The van der Waals surface area contributed by atoms with Crippen LogP contribution in [0.15, 0.2) is 30.3 Å². The summed E-state index contributed by atoms with van der Waals surface area (Å²) in [6, 6.07) is 6.93. The maximum absolute atomic E-state index is 13.3. The van der Waals surface area contributed by atoms with Gasteiger partial charge in [-0.2, -0.15) is 0 Å². The Kier molecular flexibility index (Phi) is 6.44. The molecule has 1 heterocycles. The molecule has 1 amide bonds. The predicted octanol–water partition coefficient (Wildman–Crippen LogP) is 3.82. The summed E-state index contributed by atoms with van der Waals surface area (Å²) < 4.78 is 19.4. The minimum Gasteiger partial charge on any atom is -0.505 e. The van der Waals surface area contributed by atoms with Gasteiger partial charge in [-0.25, -0.2) is 9.18 Å². The van der Waals surface area contributed by atoms with Crippen molar-refractivity contribution in [2.75, 3.05) is 12.3 Å². The lowest BCUT2D eigenvalue weighted by atomic mass is 10.0. The summed E-state index contributed by atoms with van der Waals surface area (Å²) in [7, 11) is 0. The molecule has 33 heavy (non-hydrogen) atoms. The number of carbonyl (C=O) groups is 2. The number of aromatic carboxylic acids is 1. The molecule has 0 spiro atoms. The zero-order valence-electron chi connectivity index (χ0n) is 18.8.